The zero-order chi connectivity index (χ0) is 19.1. The van der Waals surface area contributed by atoms with Gasteiger partial charge in [0.1, 0.15) is 6.54 Å². The van der Waals surface area contributed by atoms with Crippen LogP contribution < -0.4 is 5.32 Å². The molecule has 0 heterocycles. The van der Waals surface area contributed by atoms with E-state index in [0.717, 1.165) is 5.56 Å². The fourth-order valence-corrected chi connectivity index (χ4v) is 2.46. The quantitative estimate of drug-likeness (QED) is 0.788. The number of methoxy groups -OCH3 is 1. The largest absolute Gasteiger partial charge is 0.465 e. The third-order valence-corrected chi connectivity index (χ3v) is 3.92. The molecule has 0 atom stereocenters. The number of carbonyl (C=O) groups is 3. The fourth-order valence-electron chi connectivity index (χ4n) is 2.33. The smallest absolute Gasteiger partial charge is 0.339 e. The van der Waals surface area contributed by atoms with Crippen LogP contribution in [-0.4, -0.2) is 36.3 Å². The molecule has 0 unspecified atom stereocenters. The summed E-state index contributed by atoms with van der Waals surface area (Å²) in [5.41, 5.74) is 1.43. The number of benzene rings is 2. The highest BCUT2D eigenvalue weighted by Crippen LogP contribution is 2.16. The second-order valence-corrected chi connectivity index (χ2v) is 6.02. The van der Waals surface area contributed by atoms with Crippen LogP contribution in [0, 0.1) is 0 Å². The van der Waals surface area contributed by atoms with Crippen molar-refractivity contribution in [1.82, 2.24) is 4.90 Å². The molecule has 2 aromatic carbocycles. The molecule has 6 nitrogen and oxygen atoms in total. The number of anilines is 1. The molecule has 0 saturated heterocycles. The fraction of sp³-hybridized carbons (Fsp3) is 0.211. The Hall–Kier alpha value is -2.86. The van der Waals surface area contributed by atoms with Gasteiger partial charge in [-0.15, -0.1) is 0 Å². The number of nitrogens with one attached hydrogen (secondary N) is 1. The number of esters is 1. The number of rotatable bonds is 6. The molecule has 0 saturated carbocycles. The number of carbonyl (C=O) groups excluding carboxylic acids is 3. The van der Waals surface area contributed by atoms with Gasteiger partial charge in [0.05, 0.1) is 18.4 Å². The van der Waals surface area contributed by atoms with Crippen molar-refractivity contribution in [2.75, 3.05) is 19.0 Å². The van der Waals surface area contributed by atoms with Gasteiger partial charge in [0.15, 0.2) is 0 Å². The minimum atomic E-state index is -0.550. The monoisotopic (exact) mass is 374 g/mol. The lowest BCUT2D eigenvalue weighted by Crippen LogP contribution is -2.36. The van der Waals surface area contributed by atoms with Gasteiger partial charge in [0, 0.05) is 18.5 Å². The van der Waals surface area contributed by atoms with Gasteiger partial charge < -0.3 is 15.0 Å². The summed E-state index contributed by atoms with van der Waals surface area (Å²) in [5.74, 6) is -1.20. The SMILES string of the molecule is COC(=O)c1ccccc1NC(=O)CN(Cc1ccc(Cl)cc1)C(C)=O. The summed E-state index contributed by atoms with van der Waals surface area (Å²) < 4.78 is 4.70. The Balaban J connectivity index is 2.08. The van der Waals surface area contributed by atoms with Crippen molar-refractivity contribution in [2.24, 2.45) is 0 Å². The van der Waals surface area contributed by atoms with Crippen molar-refractivity contribution in [3.05, 3.63) is 64.7 Å². The van der Waals surface area contributed by atoms with E-state index in [0.29, 0.717) is 10.7 Å². The normalized spacial score (nSPS) is 10.1. The molecule has 2 aromatic rings. The molecule has 0 fully saturated rings. The molecule has 1 N–H and O–H groups in total. The van der Waals surface area contributed by atoms with E-state index in [-0.39, 0.29) is 24.6 Å². The Morgan fingerprint density at radius 1 is 1.08 bits per heavy atom. The third-order valence-electron chi connectivity index (χ3n) is 3.67. The molecule has 2 amide bonds. The zero-order valence-corrected chi connectivity index (χ0v) is 15.2. The Kier molecular flexibility index (Phi) is 6.74. The Bertz CT molecular complexity index is 805. The lowest BCUT2D eigenvalue weighted by molar-refractivity contribution is -0.133. The van der Waals surface area contributed by atoms with Crippen LogP contribution in [0.1, 0.15) is 22.8 Å². The van der Waals surface area contributed by atoms with E-state index in [9.17, 15) is 14.4 Å². The standard InChI is InChI=1S/C19H19ClN2O4/c1-13(23)22(11-14-7-9-15(20)10-8-14)12-18(24)21-17-6-4-3-5-16(17)19(25)26-2/h3-10H,11-12H2,1-2H3,(H,21,24). The van der Waals surface area contributed by atoms with Gasteiger partial charge in [0.2, 0.25) is 11.8 Å². The van der Waals surface area contributed by atoms with E-state index in [4.69, 9.17) is 16.3 Å². The van der Waals surface area contributed by atoms with E-state index in [1.165, 1.54) is 18.9 Å². The molecule has 0 aliphatic carbocycles. The molecule has 0 aromatic heterocycles. The van der Waals surface area contributed by atoms with Gasteiger partial charge in [-0.3, -0.25) is 9.59 Å². The summed E-state index contributed by atoms with van der Waals surface area (Å²) in [5, 5.41) is 3.25. The first kappa shape index (κ1) is 19.5. The van der Waals surface area contributed by atoms with E-state index in [1.54, 1.807) is 48.5 Å². The van der Waals surface area contributed by atoms with Crippen molar-refractivity contribution in [2.45, 2.75) is 13.5 Å². The molecule has 0 aliphatic heterocycles. The molecule has 0 spiro atoms. The molecule has 136 valence electrons. The number of para-hydroxylation sites is 1. The van der Waals surface area contributed by atoms with Crippen LogP contribution in [0.15, 0.2) is 48.5 Å². The number of halogens is 1. The van der Waals surface area contributed by atoms with Crippen molar-refractivity contribution in [3.8, 4) is 0 Å². The molecular weight excluding hydrogens is 356 g/mol. The lowest BCUT2D eigenvalue weighted by Gasteiger charge is -2.21. The molecule has 0 radical (unpaired) electrons. The number of nitrogens with zero attached hydrogens (tertiary/aromatic N) is 1. The summed E-state index contributed by atoms with van der Waals surface area (Å²) >= 11 is 5.86. The lowest BCUT2D eigenvalue weighted by atomic mass is 10.1. The molecule has 26 heavy (non-hydrogen) atoms. The summed E-state index contributed by atoms with van der Waals surface area (Å²) in [4.78, 5) is 37.4. The van der Waals surface area contributed by atoms with Crippen LogP contribution in [0.25, 0.3) is 0 Å². The first-order valence-electron chi connectivity index (χ1n) is 7.88. The second kappa shape index (κ2) is 9.01. The van der Waals surface area contributed by atoms with Crippen LogP contribution >= 0.6 is 11.6 Å². The number of hydrogen-bond acceptors (Lipinski definition) is 4. The zero-order valence-electron chi connectivity index (χ0n) is 14.5. The van der Waals surface area contributed by atoms with Gasteiger partial charge in [0.25, 0.3) is 0 Å². The van der Waals surface area contributed by atoms with Crippen molar-refractivity contribution in [3.63, 3.8) is 0 Å². The van der Waals surface area contributed by atoms with Gasteiger partial charge >= 0.3 is 5.97 Å². The highest BCUT2D eigenvalue weighted by Gasteiger charge is 2.17. The Morgan fingerprint density at radius 2 is 1.73 bits per heavy atom. The maximum absolute atomic E-state index is 12.4. The van der Waals surface area contributed by atoms with Gasteiger partial charge in [-0.2, -0.15) is 0 Å². The summed E-state index contributed by atoms with van der Waals surface area (Å²) in [6.45, 7) is 1.53. The van der Waals surface area contributed by atoms with Crippen LogP contribution in [0.4, 0.5) is 5.69 Å². The first-order valence-corrected chi connectivity index (χ1v) is 8.25. The van der Waals surface area contributed by atoms with Crippen LogP contribution in [0.2, 0.25) is 5.02 Å². The second-order valence-electron chi connectivity index (χ2n) is 5.59. The van der Waals surface area contributed by atoms with Crippen molar-refractivity contribution >= 4 is 35.1 Å². The van der Waals surface area contributed by atoms with E-state index >= 15 is 0 Å². The van der Waals surface area contributed by atoms with Crippen molar-refractivity contribution in [1.29, 1.82) is 0 Å². The number of hydrogen-bond donors (Lipinski definition) is 1. The average molecular weight is 375 g/mol. The molecular formula is C19H19ClN2O4. The minimum absolute atomic E-state index is 0.145. The average Bonchev–Trinajstić information content (AvgIpc) is 2.62. The molecule has 0 aliphatic rings. The molecule has 2 rings (SSSR count). The van der Waals surface area contributed by atoms with Gasteiger partial charge in [-0.05, 0) is 29.8 Å². The highest BCUT2D eigenvalue weighted by atomic mass is 35.5. The summed E-state index contributed by atoms with van der Waals surface area (Å²) in [6.07, 6.45) is 0. The number of amides is 2. The highest BCUT2D eigenvalue weighted by molar-refractivity contribution is 6.30. The van der Waals surface area contributed by atoms with Crippen LogP contribution in [0.5, 0.6) is 0 Å². The topological polar surface area (TPSA) is 75.7 Å². The van der Waals surface area contributed by atoms with Crippen LogP contribution in [0.3, 0.4) is 0 Å². The van der Waals surface area contributed by atoms with Crippen molar-refractivity contribution < 1.29 is 19.1 Å². The van der Waals surface area contributed by atoms with E-state index < -0.39 is 11.9 Å². The third kappa shape index (κ3) is 5.32. The van der Waals surface area contributed by atoms with Gasteiger partial charge in [-0.25, -0.2) is 4.79 Å². The summed E-state index contributed by atoms with van der Waals surface area (Å²) in [7, 11) is 1.27. The predicted molar refractivity (Wildman–Crippen MR) is 99.0 cm³/mol. The first-order chi connectivity index (χ1) is 12.4. The van der Waals surface area contributed by atoms with Gasteiger partial charge in [-0.1, -0.05) is 35.9 Å². The molecule has 0 bridgehead atoms. The summed E-state index contributed by atoms with van der Waals surface area (Å²) in [6, 6.07) is 13.6. The molecule has 7 heteroatoms. The Morgan fingerprint density at radius 3 is 2.35 bits per heavy atom. The van der Waals surface area contributed by atoms with Crippen LogP contribution in [-0.2, 0) is 20.9 Å². The predicted octanol–water partition coefficient (Wildman–Crippen LogP) is 3.11. The van der Waals surface area contributed by atoms with E-state index in [1.807, 2.05) is 0 Å². The minimum Gasteiger partial charge on any atom is -0.465 e. The Labute approximate surface area is 156 Å². The number of ether oxygens (including phenoxy) is 1. The van der Waals surface area contributed by atoms with E-state index in [2.05, 4.69) is 5.32 Å². The maximum Gasteiger partial charge on any atom is 0.339 e. The maximum atomic E-state index is 12.4.